The molecule has 0 heterocycles. The van der Waals surface area contributed by atoms with E-state index < -0.39 is 0 Å². The van der Waals surface area contributed by atoms with Crippen molar-refractivity contribution in [1.29, 1.82) is 0 Å². The highest BCUT2D eigenvalue weighted by molar-refractivity contribution is 5.27. The molecule has 0 fully saturated rings. The van der Waals surface area contributed by atoms with Crippen LogP contribution >= 0.6 is 0 Å². The van der Waals surface area contributed by atoms with Gasteiger partial charge in [0.25, 0.3) is 0 Å². The van der Waals surface area contributed by atoms with Crippen LogP contribution in [0.3, 0.4) is 0 Å². The molecule has 90 valence electrons. The van der Waals surface area contributed by atoms with Crippen molar-refractivity contribution in [1.82, 2.24) is 0 Å². The molecule has 0 aliphatic carbocycles. The van der Waals surface area contributed by atoms with Crippen LogP contribution < -0.4 is 10.5 Å². The van der Waals surface area contributed by atoms with E-state index in [1.165, 1.54) is 37.7 Å². The summed E-state index contributed by atoms with van der Waals surface area (Å²) in [5, 5.41) is 0. The van der Waals surface area contributed by atoms with Crippen LogP contribution in [0.5, 0.6) is 5.75 Å². The predicted molar refractivity (Wildman–Crippen MR) is 68.8 cm³/mol. The standard InChI is InChI=1S/C14H23NO/c1-2-3-4-5-6-13-7-9-14(10-8-13)16-12-11-15/h7-10H,2-6,11-12,15H2,1H3. The Morgan fingerprint density at radius 2 is 1.81 bits per heavy atom. The van der Waals surface area contributed by atoms with Gasteiger partial charge >= 0.3 is 0 Å². The number of nitrogens with two attached hydrogens (primary N) is 1. The van der Waals surface area contributed by atoms with Gasteiger partial charge in [-0.3, -0.25) is 0 Å². The predicted octanol–water partition coefficient (Wildman–Crippen LogP) is 3.15. The molecule has 0 unspecified atom stereocenters. The van der Waals surface area contributed by atoms with Gasteiger partial charge in [0.15, 0.2) is 0 Å². The first-order valence-corrected chi connectivity index (χ1v) is 6.28. The second-order valence-electron chi connectivity index (χ2n) is 4.09. The molecule has 0 atom stereocenters. The minimum atomic E-state index is 0.568. The molecule has 0 aliphatic rings. The van der Waals surface area contributed by atoms with Crippen LogP contribution in [0.25, 0.3) is 0 Å². The van der Waals surface area contributed by atoms with Crippen LogP contribution in [-0.4, -0.2) is 13.2 Å². The lowest BCUT2D eigenvalue weighted by atomic mass is 10.1. The largest absolute Gasteiger partial charge is 0.492 e. The maximum Gasteiger partial charge on any atom is 0.119 e. The fourth-order valence-corrected chi connectivity index (χ4v) is 1.69. The van der Waals surface area contributed by atoms with Gasteiger partial charge < -0.3 is 10.5 Å². The second-order valence-corrected chi connectivity index (χ2v) is 4.09. The molecule has 1 rings (SSSR count). The molecule has 2 N–H and O–H groups in total. The van der Waals surface area contributed by atoms with E-state index in [0.717, 1.165) is 5.75 Å². The van der Waals surface area contributed by atoms with Crippen LogP contribution in [0.1, 0.15) is 38.2 Å². The average Bonchev–Trinajstić information content (AvgIpc) is 2.33. The molecule has 0 radical (unpaired) electrons. The van der Waals surface area contributed by atoms with Crippen LogP contribution in [-0.2, 0) is 6.42 Å². The molecule has 0 bridgehead atoms. The molecule has 0 aliphatic heterocycles. The highest BCUT2D eigenvalue weighted by Gasteiger charge is 1.95. The molecule has 1 aromatic rings. The molecule has 0 amide bonds. The number of ether oxygens (including phenoxy) is 1. The topological polar surface area (TPSA) is 35.2 Å². The zero-order valence-corrected chi connectivity index (χ0v) is 10.2. The summed E-state index contributed by atoms with van der Waals surface area (Å²) >= 11 is 0. The Morgan fingerprint density at radius 3 is 2.44 bits per heavy atom. The quantitative estimate of drug-likeness (QED) is 0.684. The highest BCUT2D eigenvalue weighted by atomic mass is 16.5. The van der Waals surface area contributed by atoms with E-state index >= 15 is 0 Å². The van der Waals surface area contributed by atoms with Gasteiger partial charge in [-0.05, 0) is 30.5 Å². The average molecular weight is 221 g/mol. The van der Waals surface area contributed by atoms with E-state index in [4.69, 9.17) is 10.5 Å². The SMILES string of the molecule is CCCCCCc1ccc(OCCN)cc1. The second kappa shape index (κ2) is 8.17. The zero-order chi connectivity index (χ0) is 11.6. The van der Waals surface area contributed by atoms with E-state index in [0.29, 0.717) is 13.2 Å². The Bertz CT molecular complexity index is 269. The van der Waals surface area contributed by atoms with Crippen molar-refractivity contribution in [3.05, 3.63) is 29.8 Å². The van der Waals surface area contributed by atoms with E-state index in [1.54, 1.807) is 0 Å². The summed E-state index contributed by atoms with van der Waals surface area (Å²) in [6.07, 6.45) is 6.44. The van der Waals surface area contributed by atoms with Gasteiger partial charge in [0.2, 0.25) is 0 Å². The molecule has 0 saturated carbocycles. The van der Waals surface area contributed by atoms with Gasteiger partial charge in [-0.2, -0.15) is 0 Å². The molecule has 16 heavy (non-hydrogen) atoms. The Morgan fingerprint density at radius 1 is 1.06 bits per heavy atom. The van der Waals surface area contributed by atoms with Crippen molar-refractivity contribution in [3.63, 3.8) is 0 Å². The minimum Gasteiger partial charge on any atom is -0.492 e. The molecular formula is C14H23NO. The Hall–Kier alpha value is -1.02. The Labute approximate surface area is 98.8 Å². The molecule has 0 aromatic heterocycles. The molecular weight excluding hydrogens is 198 g/mol. The van der Waals surface area contributed by atoms with Gasteiger partial charge in [-0.1, -0.05) is 38.3 Å². The summed E-state index contributed by atoms with van der Waals surface area (Å²) in [5.41, 5.74) is 6.77. The van der Waals surface area contributed by atoms with Crippen LogP contribution in [0, 0.1) is 0 Å². The number of hydrogen-bond donors (Lipinski definition) is 1. The van der Waals surface area contributed by atoms with Crippen molar-refractivity contribution in [2.24, 2.45) is 5.73 Å². The van der Waals surface area contributed by atoms with Crippen molar-refractivity contribution < 1.29 is 4.74 Å². The molecule has 0 spiro atoms. The summed E-state index contributed by atoms with van der Waals surface area (Å²) < 4.78 is 5.43. The zero-order valence-electron chi connectivity index (χ0n) is 10.2. The van der Waals surface area contributed by atoms with E-state index in [2.05, 4.69) is 19.1 Å². The summed E-state index contributed by atoms with van der Waals surface area (Å²) in [5.74, 6) is 0.919. The number of aryl methyl sites for hydroxylation is 1. The summed E-state index contributed by atoms with van der Waals surface area (Å²) in [6, 6.07) is 8.37. The summed E-state index contributed by atoms with van der Waals surface area (Å²) in [7, 11) is 0. The summed E-state index contributed by atoms with van der Waals surface area (Å²) in [6.45, 7) is 3.40. The molecule has 1 aromatic carbocycles. The van der Waals surface area contributed by atoms with Gasteiger partial charge in [0.05, 0.1) is 0 Å². The lowest BCUT2D eigenvalue weighted by molar-refractivity contribution is 0.328. The third kappa shape index (κ3) is 5.17. The monoisotopic (exact) mass is 221 g/mol. The lowest BCUT2D eigenvalue weighted by Gasteiger charge is -2.05. The Kier molecular flexibility index (Phi) is 6.66. The Balaban J connectivity index is 2.27. The van der Waals surface area contributed by atoms with Crippen LogP contribution in [0.15, 0.2) is 24.3 Å². The third-order valence-electron chi connectivity index (χ3n) is 2.63. The first-order valence-electron chi connectivity index (χ1n) is 6.28. The van der Waals surface area contributed by atoms with Crippen molar-refractivity contribution in [2.45, 2.75) is 39.0 Å². The maximum atomic E-state index is 5.43. The molecule has 2 nitrogen and oxygen atoms in total. The van der Waals surface area contributed by atoms with Crippen molar-refractivity contribution >= 4 is 0 Å². The molecule has 0 saturated heterocycles. The van der Waals surface area contributed by atoms with Crippen LogP contribution in [0.4, 0.5) is 0 Å². The number of unbranched alkanes of at least 4 members (excludes halogenated alkanes) is 3. The van der Waals surface area contributed by atoms with E-state index in [9.17, 15) is 0 Å². The third-order valence-corrected chi connectivity index (χ3v) is 2.63. The van der Waals surface area contributed by atoms with E-state index in [-0.39, 0.29) is 0 Å². The first kappa shape index (κ1) is 13.0. The number of rotatable bonds is 8. The molecule has 2 heteroatoms. The van der Waals surface area contributed by atoms with Crippen molar-refractivity contribution in [3.8, 4) is 5.75 Å². The van der Waals surface area contributed by atoms with Crippen LogP contribution in [0.2, 0.25) is 0 Å². The fraction of sp³-hybridized carbons (Fsp3) is 0.571. The number of benzene rings is 1. The fourth-order valence-electron chi connectivity index (χ4n) is 1.69. The summed E-state index contributed by atoms with van der Waals surface area (Å²) in [4.78, 5) is 0. The highest BCUT2D eigenvalue weighted by Crippen LogP contribution is 2.14. The lowest BCUT2D eigenvalue weighted by Crippen LogP contribution is -2.10. The van der Waals surface area contributed by atoms with Gasteiger partial charge in [-0.15, -0.1) is 0 Å². The number of hydrogen-bond acceptors (Lipinski definition) is 2. The van der Waals surface area contributed by atoms with Gasteiger partial charge in [0, 0.05) is 6.54 Å². The van der Waals surface area contributed by atoms with Gasteiger partial charge in [0.1, 0.15) is 12.4 Å². The smallest absolute Gasteiger partial charge is 0.119 e. The minimum absolute atomic E-state index is 0.568. The first-order chi connectivity index (χ1) is 7.86. The maximum absolute atomic E-state index is 5.43. The van der Waals surface area contributed by atoms with E-state index in [1.807, 2.05) is 12.1 Å². The normalized spacial score (nSPS) is 10.4. The van der Waals surface area contributed by atoms with Crippen molar-refractivity contribution in [2.75, 3.05) is 13.2 Å². The van der Waals surface area contributed by atoms with Gasteiger partial charge in [-0.25, -0.2) is 0 Å².